The molecule has 6 heteroatoms. The van der Waals surface area contributed by atoms with Gasteiger partial charge in [-0.15, -0.1) is 0 Å². The van der Waals surface area contributed by atoms with Crippen LogP contribution in [0.5, 0.6) is 17.2 Å². The average molecular weight is 895 g/mol. The van der Waals surface area contributed by atoms with E-state index < -0.39 is 0 Å². The lowest BCUT2D eigenvalue weighted by atomic mass is 9.85. The first-order valence-corrected chi connectivity index (χ1v) is 25.8. The first-order chi connectivity index (χ1) is 30.1. The number of ether oxygens (including phenoxy) is 3. The van der Waals surface area contributed by atoms with Gasteiger partial charge >= 0.3 is 0 Å². The van der Waals surface area contributed by atoms with Crippen molar-refractivity contribution < 1.29 is 14.2 Å². The molecule has 6 bridgehead atoms. The lowest BCUT2D eigenvalue weighted by Gasteiger charge is -2.26. The van der Waals surface area contributed by atoms with Gasteiger partial charge in [0.15, 0.2) is 0 Å². The van der Waals surface area contributed by atoms with E-state index in [1.165, 1.54) is 66.8 Å². The maximum absolute atomic E-state index is 6.96. The Morgan fingerprint density at radius 2 is 0.540 bits per heavy atom. The van der Waals surface area contributed by atoms with Crippen LogP contribution in [0.25, 0.3) is 0 Å². The number of thioether (sulfide) groups is 3. The zero-order chi connectivity index (χ0) is 44.6. The zero-order valence-electron chi connectivity index (χ0n) is 38.9. The van der Waals surface area contributed by atoms with Crippen molar-refractivity contribution in [2.75, 3.05) is 0 Å². The van der Waals surface area contributed by atoms with Gasteiger partial charge in [0, 0.05) is 67.9 Å². The van der Waals surface area contributed by atoms with Crippen molar-refractivity contribution in [1.29, 1.82) is 0 Å². The third-order valence-electron chi connectivity index (χ3n) is 11.5. The maximum atomic E-state index is 6.96. The van der Waals surface area contributed by atoms with E-state index in [0.717, 1.165) is 51.8 Å². The quantitative estimate of drug-likeness (QED) is 0.144. The van der Waals surface area contributed by atoms with Crippen LogP contribution in [0.4, 0.5) is 0 Å². The van der Waals surface area contributed by atoms with Crippen molar-refractivity contribution in [1.82, 2.24) is 0 Å². The van der Waals surface area contributed by atoms with Crippen LogP contribution < -0.4 is 14.2 Å². The highest BCUT2D eigenvalue weighted by molar-refractivity contribution is 7.98. The largest absolute Gasteiger partial charge is 0.488 e. The van der Waals surface area contributed by atoms with Crippen molar-refractivity contribution in [3.63, 3.8) is 0 Å². The van der Waals surface area contributed by atoms with E-state index in [2.05, 4.69) is 190 Å². The number of hydrogen-bond acceptors (Lipinski definition) is 6. The van der Waals surface area contributed by atoms with Crippen molar-refractivity contribution in [3.05, 3.63) is 194 Å². The van der Waals surface area contributed by atoms with Crippen molar-refractivity contribution >= 4 is 35.3 Å². The molecule has 0 fully saturated rings. The van der Waals surface area contributed by atoms with E-state index in [1.54, 1.807) is 0 Å². The molecule has 3 nitrogen and oxygen atoms in total. The van der Waals surface area contributed by atoms with Crippen LogP contribution in [-0.2, 0) is 70.6 Å². The lowest BCUT2D eigenvalue weighted by molar-refractivity contribution is 0.301. The van der Waals surface area contributed by atoms with Gasteiger partial charge in [-0.05, 0) is 49.6 Å². The van der Waals surface area contributed by atoms with Gasteiger partial charge in [0.25, 0.3) is 0 Å². The topological polar surface area (TPSA) is 27.7 Å². The molecule has 6 aromatic carbocycles. The molecule has 0 saturated carbocycles. The molecule has 0 unspecified atom stereocenters. The van der Waals surface area contributed by atoms with Gasteiger partial charge in [0.2, 0.25) is 0 Å². The summed E-state index contributed by atoms with van der Waals surface area (Å²) in [5.74, 6) is 7.97. The first-order valence-electron chi connectivity index (χ1n) is 22.3. The minimum Gasteiger partial charge on any atom is -0.488 e. The Labute approximate surface area is 391 Å². The summed E-state index contributed by atoms with van der Waals surface area (Å²) in [6.07, 6.45) is 0. The zero-order valence-corrected chi connectivity index (χ0v) is 41.4. The van der Waals surface area contributed by atoms with E-state index in [4.69, 9.17) is 14.2 Å². The number of benzene rings is 6. The van der Waals surface area contributed by atoms with Crippen LogP contribution in [0, 0.1) is 0 Å². The van der Waals surface area contributed by atoms with Crippen LogP contribution in [0.2, 0.25) is 0 Å². The molecule has 6 aromatic rings. The highest BCUT2D eigenvalue weighted by Gasteiger charge is 2.25. The molecular formula is C57H66O3S3. The number of fused-ring (bicyclic) bond motifs is 6. The summed E-state index contributed by atoms with van der Waals surface area (Å²) in [4.78, 5) is 0. The second kappa shape index (κ2) is 20.7. The van der Waals surface area contributed by atoms with Crippen LogP contribution in [0.15, 0.2) is 127 Å². The molecule has 0 aromatic heterocycles. The molecule has 330 valence electrons. The van der Waals surface area contributed by atoms with E-state index in [9.17, 15) is 0 Å². The predicted molar refractivity (Wildman–Crippen MR) is 273 cm³/mol. The van der Waals surface area contributed by atoms with Gasteiger partial charge in [-0.25, -0.2) is 0 Å². The third kappa shape index (κ3) is 12.7. The molecule has 0 spiro atoms. The second-order valence-corrected chi connectivity index (χ2v) is 22.9. The molecular weight excluding hydrogens is 829 g/mol. The van der Waals surface area contributed by atoms with Crippen LogP contribution in [0.3, 0.4) is 0 Å². The van der Waals surface area contributed by atoms with Gasteiger partial charge < -0.3 is 14.2 Å². The van der Waals surface area contributed by atoms with Crippen LogP contribution in [0.1, 0.15) is 129 Å². The molecule has 0 atom stereocenters. The lowest BCUT2D eigenvalue weighted by Crippen LogP contribution is -2.14. The number of hydrogen-bond donors (Lipinski definition) is 0. The average Bonchev–Trinajstić information content (AvgIpc) is 3.24. The molecule has 0 amide bonds. The predicted octanol–water partition coefficient (Wildman–Crippen LogP) is 15.9. The molecule has 1 aliphatic rings. The summed E-state index contributed by atoms with van der Waals surface area (Å²) in [5, 5.41) is 0. The molecule has 0 saturated heterocycles. The Morgan fingerprint density at radius 1 is 0.333 bits per heavy atom. The van der Waals surface area contributed by atoms with Crippen LogP contribution in [-0.4, -0.2) is 0 Å². The van der Waals surface area contributed by atoms with Gasteiger partial charge in [-0.3, -0.25) is 0 Å². The Bertz CT molecular complexity index is 2080. The first kappa shape index (κ1) is 46.8. The Kier molecular flexibility index (Phi) is 15.4. The van der Waals surface area contributed by atoms with E-state index in [-0.39, 0.29) is 16.2 Å². The molecule has 0 N–H and O–H groups in total. The smallest absolute Gasteiger partial charge is 0.127 e. The molecule has 0 aliphatic carbocycles. The summed E-state index contributed by atoms with van der Waals surface area (Å²) in [5.41, 5.74) is 14.9. The minimum absolute atomic E-state index is 0.0335. The summed E-state index contributed by atoms with van der Waals surface area (Å²) in [6, 6.07) is 46.2. The monoisotopic (exact) mass is 894 g/mol. The molecule has 7 rings (SSSR count). The molecule has 0 radical (unpaired) electrons. The Hall–Kier alpha value is -4.23. The second-order valence-electron chi connectivity index (χ2n) is 19.9. The molecule has 1 heterocycles. The summed E-state index contributed by atoms with van der Waals surface area (Å²) in [6.45, 7) is 22.5. The van der Waals surface area contributed by atoms with Gasteiger partial charge in [-0.2, -0.15) is 35.3 Å². The highest BCUT2D eigenvalue weighted by atomic mass is 32.2. The Balaban J connectivity index is 1.38. The Morgan fingerprint density at radius 3 is 0.730 bits per heavy atom. The van der Waals surface area contributed by atoms with Crippen molar-refractivity contribution in [2.24, 2.45) is 0 Å². The van der Waals surface area contributed by atoms with E-state index in [1.807, 2.05) is 35.3 Å². The molecule has 63 heavy (non-hydrogen) atoms. The summed E-state index contributed by atoms with van der Waals surface area (Å²) >= 11 is 5.87. The van der Waals surface area contributed by atoms with Crippen molar-refractivity contribution in [2.45, 2.75) is 133 Å². The molecule has 1 aliphatic heterocycles. The fourth-order valence-corrected chi connectivity index (χ4v) is 10.7. The van der Waals surface area contributed by atoms with Gasteiger partial charge in [0.1, 0.15) is 37.1 Å². The van der Waals surface area contributed by atoms with Crippen LogP contribution >= 0.6 is 35.3 Å². The van der Waals surface area contributed by atoms with E-state index in [0.29, 0.717) is 19.8 Å². The standard InChI is InChI=1S/C57H66O3S3/c1-55(2,3)49-25-43-34-61-36-45-27-50(56(4,5)6)29-47(53(45)59-32-41-21-15-11-16-22-41)38-63-39-48-30-51(57(7,8)9)28-46(54(48)60-33-42-23-17-12-18-24-42)37-62-35-44(26-49)52(43)58-31-40-19-13-10-14-20-40/h10-30H,31-39H2,1-9H3. The number of rotatable bonds is 9. The van der Waals surface area contributed by atoms with Gasteiger partial charge in [0.05, 0.1) is 0 Å². The van der Waals surface area contributed by atoms with E-state index >= 15 is 0 Å². The highest BCUT2D eigenvalue weighted by Crippen LogP contribution is 2.43. The summed E-state index contributed by atoms with van der Waals surface area (Å²) < 4.78 is 20.9. The minimum atomic E-state index is -0.0335. The normalized spacial score (nSPS) is 14.0. The maximum Gasteiger partial charge on any atom is 0.127 e. The fourth-order valence-electron chi connectivity index (χ4n) is 7.76. The van der Waals surface area contributed by atoms with Crippen molar-refractivity contribution in [3.8, 4) is 17.2 Å². The fraction of sp³-hybridized carbons (Fsp3) is 0.368. The SMILES string of the molecule is CC(C)(C)c1cc2c(OCc3ccccc3)c(c1)CSCc1cc(C(C)(C)C)cc(c1OCc1ccccc1)CSCc1cc(C(C)(C)C)cc(c1OCc1ccccc1)CSC2. The van der Waals surface area contributed by atoms with Gasteiger partial charge in [-0.1, -0.05) is 190 Å². The third-order valence-corrected chi connectivity index (χ3v) is 14.6. The summed E-state index contributed by atoms with van der Waals surface area (Å²) in [7, 11) is 0.